The third-order valence-corrected chi connectivity index (χ3v) is 2.47. The fourth-order valence-corrected chi connectivity index (χ4v) is 1.34. The number of unbranched alkanes of at least 4 members (excludes halogenated alkanes) is 1. The molecule has 0 fully saturated rings. The zero-order valence-corrected chi connectivity index (χ0v) is 10.9. The summed E-state index contributed by atoms with van der Waals surface area (Å²) < 4.78 is 4.93. The molecule has 0 saturated carbocycles. The molecule has 0 saturated heterocycles. The summed E-state index contributed by atoms with van der Waals surface area (Å²) in [5.41, 5.74) is 1.63. The van der Waals surface area contributed by atoms with Gasteiger partial charge in [-0.2, -0.15) is 0 Å². The summed E-state index contributed by atoms with van der Waals surface area (Å²) in [6.07, 6.45) is 1.82. The molecule has 0 unspecified atom stereocenters. The third kappa shape index (κ3) is 4.99. The first-order valence-corrected chi connectivity index (χ1v) is 6.14. The second kappa shape index (κ2) is 7.48. The number of rotatable bonds is 6. The summed E-state index contributed by atoms with van der Waals surface area (Å²) in [5.74, 6) is -0.661. The molecule has 1 amide bonds. The van der Waals surface area contributed by atoms with Crippen molar-refractivity contribution in [3.63, 3.8) is 0 Å². The van der Waals surface area contributed by atoms with Gasteiger partial charge in [0.05, 0.1) is 6.61 Å². The van der Waals surface area contributed by atoms with Crippen molar-refractivity contribution in [3.8, 4) is 0 Å². The van der Waals surface area contributed by atoms with E-state index in [-0.39, 0.29) is 12.5 Å². The summed E-state index contributed by atoms with van der Waals surface area (Å²) in [6, 6.07) is 7.17. The molecule has 0 spiro atoms. The molecule has 0 aliphatic rings. The zero-order valence-electron chi connectivity index (χ0n) is 10.9. The molecular formula is C14H19NO3. The van der Waals surface area contributed by atoms with E-state index in [0.717, 1.165) is 18.4 Å². The fourth-order valence-electron chi connectivity index (χ4n) is 1.34. The van der Waals surface area contributed by atoms with Crippen LogP contribution in [0.2, 0.25) is 0 Å². The first-order chi connectivity index (χ1) is 8.63. The van der Waals surface area contributed by atoms with Gasteiger partial charge in [-0.15, -0.1) is 0 Å². The summed E-state index contributed by atoms with van der Waals surface area (Å²) in [6.45, 7) is 4.30. The summed E-state index contributed by atoms with van der Waals surface area (Å²) in [7, 11) is 0. The Balaban J connectivity index is 2.32. The Labute approximate surface area is 107 Å². The summed E-state index contributed by atoms with van der Waals surface area (Å²) in [5, 5.41) is 2.53. The van der Waals surface area contributed by atoms with Crippen LogP contribution < -0.4 is 5.32 Å². The van der Waals surface area contributed by atoms with Crippen molar-refractivity contribution in [1.29, 1.82) is 0 Å². The molecule has 4 nitrogen and oxygen atoms in total. The largest absolute Gasteiger partial charge is 0.464 e. The van der Waals surface area contributed by atoms with E-state index in [9.17, 15) is 9.59 Å². The van der Waals surface area contributed by atoms with Crippen LogP contribution in [0.25, 0.3) is 0 Å². The number of amides is 1. The molecule has 1 N–H and O–H groups in total. The van der Waals surface area contributed by atoms with Crippen LogP contribution in [0, 0.1) is 6.92 Å². The van der Waals surface area contributed by atoms with E-state index in [1.807, 2.05) is 26.0 Å². The predicted molar refractivity (Wildman–Crippen MR) is 69.4 cm³/mol. The van der Waals surface area contributed by atoms with Crippen LogP contribution in [-0.4, -0.2) is 25.0 Å². The van der Waals surface area contributed by atoms with Crippen LogP contribution in [0.4, 0.5) is 0 Å². The quantitative estimate of drug-likeness (QED) is 0.620. The Kier molecular flexibility index (Phi) is 5.91. The Morgan fingerprint density at radius 3 is 2.50 bits per heavy atom. The lowest BCUT2D eigenvalue weighted by Crippen LogP contribution is -2.30. The minimum absolute atomic E-state index is 0.0869. The van der Waals surface area contributed by atoms with Gasteiger partial charge in [-0.25, -0.2) is 0 Å². The van der Waals surface area contributed by atoms with Crippen LogP contribution in [0.5, 0.6) is 0 Å². The highest BCUT2D eigenvalue weighted by molar-refractivity contribution is 5.95. The molecule has 0 radical (unpaired) electrons. The van der Waals surface area contributed by atoms with Gasteiger partial charge in [-0.3, -0.25) is 9.59 Å². The van der Waals surface area contributed by atoms with E-state index in [0.29, 0.717) is 12.2 Å². The first-order valence-electron chi connectivity index (χ1n) is 6.14. The zero-order chi connectivity index (χ0) is 13.4. The van der Waals surface area contributed by atoms with E-state index in [1.54, 1.807) is 12.1 Å². The van der Waals surface area contributed by atoms with E-state index in [1.165, 1.54) is 0 Å². The van der Waals surface area contributed by atoms with Crippen molar-refractivity contribution in [3.05, 3.63) is 35.4 Å². The lowest BCUT2D eigenvalue weighted by molar-refractivity contribution is -0.142. The molecule has 1 aromatic carbocycles. The van der Waals surface area contributed by atoms with Gasteiger partial charge in [-0.05, 0) is 25.5 Å². The number of aryl methyl sites for hydroxylation is 1. The number of carbonyl (C=O) groups is 2. The SMILES string of the molecule is CCCCOC(=O)CNC(=O)c1ccc(C)cc1. The molecule has 0 aromatic heterocycles. The van der Waals surface area contributed by atoms with Gasteiger partial charge in [0.2, 0.25) is 0 Å². The topological polar surface area (TPSA) is 55.4 Å². The Morgan fingerprint density at radius 2 is 1.89 bits per heavy atom. The Hall–Kier alpha value is -1.84. The highest BCUT2D eigenvalue weighted by atomic mass is 16.5. The number of nitrogens with one attached hydrogen (secondary N) is 1. The minimum Gasteiger partial charge on any atom is -0.464 e. The smallest absolute Gasteiger partial charge is 0.325 e. The molecule has 0 bridgehead atoms. The average Bonchev–Trinajstić information content (AvgIpc) is 2.37. The standard InChI is InChI=1S/C14H19NO3/c1-3-4-9-18-13(16)10-15-14(17)12-7-5-11(2)6-8-12/h5-8H,3-4,9-10H2,1-2H3,(H,15,17). The van der Waals surface area contributed by atoms with E-state index in [4.69, 9.17) is 4.74 Å². The van der Waals surface area contributed by atoms with Gasteiger partial charge in [0.1, 0.15) is 6.54 Å². The van der Waals surface area contributed by atoms with E-state index >= 15 is 0 Å². The molecule has 1 rings (SSSR count). The maximum absolute atomic E-state index is 11.7. The monoisotopic (exact) mass is 249 g/mol. The van der Waals surface area contributed by atoms with Crippen molar-refractivity contribution in [2.75, 3.05) is 13.2 Å². The number of benzene rings is 1. The number of carbonyl (C=O) groups excluding carboxylic acids is 2. The van der Waals surface area contributed by atoms with Crippen LogP contribution in [0.3, 0.4) is 0 Å². The van der Waals surface area contributed by atoms with Gasteiger partial charge in [-0.1, -0.05) is 31.0 Å². The normalized spacial score (nSPS) is 9.89. The average molecular weight is 249 g/mol. The van der Waals surface area contributed by atoms with Gasteiger partial charge in [0.25, 0.3) is 5.91 Å². The number of esters is 1. The number of ether oxygens (including phenoxy) is 1. The summed E-state index contributed by atoms with van der Waals surface area (Å²) >= 11 is 0. The van der Waals surface area contributed by atoms with Gasteiger partial charge >= 0.3 is 5.97 Å². The van der Waals surface area contributed by atoms with Crippen molar-refractivity contribution >= 4 is 11.9 Å². The lowest BCUT2D eigenvalue weighted by Gasteiger charge is -2.06. The first kappa shape index (κ1) is 14.2. The second-order valence-corrected chi connectivity index (χ2v) is 4.12. The molecular weight excluding hydrogens is 230 g/mol. The van der Waals surface area contributed by atoms with Crippen LogP contribution in [-0.2, 0) is 9.53 Å². The number of hydrogen-bond donors (Lipinski definition) is 1. The lowest BCUT2D eigenvalue weighted by atomic mass is 10.1. The third-order valence-electron chi connectivity index (χ3n) is 2.47. The maximum Gasteiger partial charge on any atom is 0.325 e. The number of hydrogen-bond acceptors (Lipinski definition) is 3. The second-order valence-electron chi connectivity index (χ2n) is 4.12. The van der Waals surface area contributed by atoms with Crippen molar-refractivity contribution < 1.29 is 14.3 Å². The molecule has 1 aromatic rings. The van der Waals surface area contributed by atoms with Crippen molar-refractivity contribution in [2.45, 2.75) is 26.7 Å². The maximum atomic E-state index is 11.7. The van der Waals surface area contributed by atoms with Gasteiger partial charge in [0, 0.05) is 5.56 Å². The van der Waals surface area contributed by atoms with Gasteiger partial charge < -0.3 is 10.1 Å². The molecule has 0 atom stereocenters. The Bertz CT molecular complexity index is 398. The minimum atomic E-state index is -0.399. The van der Waals surface area contributed by atoms with Crippen molar-refractivity contribution in [2.24, 2.45) is 0 Å². The Morgan fingerprint density at radius 1 is 1.22 bits per heavy atom. The molecule has 0 aliphatic heterocycles. The van der Waals surface area contributed by atoms with E-state index in [2.05, 4.69) is 5.32 Å². The molecule has 0 aliphatic carbocycles. The van der Waals surface area contributed by atoms with Crippen molar-refractivity contribution in [1.82, 2.24) is 5.32 Å². The highest BCUT2D eigenvalue weighted by Crippen LogP contribution is 2.02. The van der Waals surface area contributed by atoms with Gasteiger partial charge in [0.15, 0.2) is 0 Å². The molecule has 0 heterocycles. The predicted octanol–water partition coefficient (Wildman–Crippen LogP) is 2.07. The summed E-state index contributed by atoms with van der Waals surface area (Å²) in [4.78, 5) is 22.9. The van der Waals surface area contributed by atoms with Crippen LogP contribution >= 0.6 is 0 Å². The van der Waals surface area contributed by atoms with Crippen LogP contribution in [0.1, 0.15) is 35.7 Å². The molecule has 4 heteroatoms. The fraction of sp³-hybridized carbons (Fsp3) is 0.429. The van der Waals surface area contributed by atoms with E-state index < -0.39 is 5.97 Å². The molecule has 98 valence electrons. The molecule has 18 heavy (non-hydrogen) atoms. The highest BCUT2D eigenvalue weighted by Gasteiger charge is 2.08. The van der Waals surface area contributed by atoms with Crippen LogP contribution in [0.15, 0.2) is 24.3 Å².